The van der Waals surface area contributed by atoms with Crippen LogP contribution in [0.15, 0.2) is 340 Å². The molecule has 8 saturated carbocycles. The van der Waals surface area contributed by atoms with Crippen molar-refractivity contribution in [2.75, 3.05) is 0 Å². The van der Waals surface area contributed by atoms with E-state index in [1.165, 1.54) is 173 Å². The number of benzene rings is 14. The summed E-state index contributed by atoms with van der Waals surface area (Å²) in [5.41, 5.74) is 23.9. The van der Waals surface area contributed by atoms with Gasteiger partial charge >= 0.3 is 0 Å². The molecule has 8 fully saturated rings. The molecule has 14 aromatic carbocycles. The van der Waals surface area contributed by atoms with E-state index in [-0.39, 0.29) is 21.7 Å². The smallest absolute Gasteiger partial charge is 0.164 e. The number of rotatable bonds is 14. The summed E-state index contributed by atoms with van der Waals surface area (Å²) in [7, 11) is 0. The molecule has 4 atom stereocenters. The topological polar surface area (TPSA) is 125 Å². The minimum atomic E-state index is 0.204. The molecule has 0 amide bonds. The molecule has 0 aliphatic heterocycles. The van der Waals surface area contributed by atoms with Gasteiger partial charge in [-0.1, -0.05) is 279 Å². The van der Waals surface area contributed by atoms with Gasteiger partial charge in [0.1, 0.15) is 0 Å². The molecule has 584 valence electrons. The summed E-state index contributed by atoms with van der Waals surface area (Å²) in [6.07, 6.45) is 15.6. The fourth-order valence-corrected chi connectivity index (χ4v) is 25.9. The Morgan fingerprint density at radius 2 is 0.500 bits per heavy atom. The third-order valence-corrected chi connectivity index (χ3v) is 30.5. The van der Waals surface area contributed by atoms with E-state index in [1.54, 1.807) is 0 Å². The minimum Gasteiger partial charge on any atom is -0.208 e. The van der Waals surface area contributed by atoms with Crippen LogP contribution < -0.4 is 0 Å². The highest BCUT2D eigenvalue weighted by Crippen LogP contribution is 2.68. The van der Waals surface area contributed by atoms with E-state index in [0.29, 0.717) is 46.1 Å². The highest BCUT2D eigenvalue weighted by Gasteiger charge is 2.60. The molecular formula is C112H84N8S2. The van der Waals surface area contributed by atoms with E-state index in [1.807, 2.05) is 156 Å². The van der Waals surface area contributed by atoms with E-state index in [4.69, 9.17) is 29.9 Å². The second-order valence-electron chi connectivity index (χ2n) is 35.9. The molecule has 122 heavy (non-hydrogen) atoms. The van der Waals surface area contributed by atoms with Crippen molar-refractivity contribution in [3.63, 3.8) is 0 Å². The normalized spacial score (nSPS) is 21.5. The number of aromatic nitrogens is 6. The molecule has 0 saturated heterocycles. The van der Waals surface area contributed by atoms with Crippen molar-refractivity contribution in [1.82, 2.24) is 29.9 Å². The van der Waals surface area contributed by atoms with E-state index in [9.17, 15) is 10.5 Å². The van der Waals surface area contributed by atoms with Gasteiger partial charge < -0.3 is 0 Å². The van der Waals surface area contributed by atoms with Crippen molar-refractivity contribution in [1.29, 1.82) is 10.5 Å². The molecule has 0 spiro atoms. The van der Waals surface area contributed by atoms with Gasteiger partial charge in [-0.05, 0) is 250 Å². The van der Waals surface area contributed by atoms with Crippen LogP contribution in [-0.4, -0.2) is 29.9 Å². The summed E-state index contributed by atoms with van der Waals surface area (Å²) in [6.45, 7) is 0. The summed E-state index contributed by atoms with van der Waals surface area (Å²) < 4.78 is 5.04. The Hall–Kier alpha value is -13.5. The lowest BCUT2D eigenvalue weighted by molar-refractivity contribution is -0.0282. The van der Waals surface area contributed by atoms with E-state index >= 15 is 0 Å². The van der Waals surface area contributed by atoms with E-state index in [0.717, 1.165) is 68.2 Å². The molecular weight excluding hydrogens is 1520 g/mol. The molecule has 8 bridgehead atoms. The lowest BCUT2D eigenvalue weighted by Gasteiger charge is -2.63. The SMILES string of the molecule is N#Cc1cccc(-c2cccc(C34CC5CC(CC(c6ccc(-c7ccc8c(c7)sc7cc(-c9nc(-c%10ccccc%10)nc(-c%10ccccc%10)n9)ccc78)cc6)(C5)C3)C4)c2)c1.N#Cc1cccc(-c2cccc(C34CC5CC(CC(c6ccc(-c7ccc8c(c7)sc7ccc(-c9nc(-c%10ccccc%10)nc(-c%10ccccc%10)n9)cc78)cc6)(C5)C3)C4)c2)c1. The molecule has 8 nitrogen and oxygen atoms in total. The highest BCUT2D eigenvalue weighted by atomic mass is 32.1. The van der Waals surface area contributed by atoms with Crippen molar-refractivity contribution in [3.8, 4) is 125 Å². The van der Waals surface area contributed by atoms with Crippen LogP contribution in [0.4, 0.5) is 0 Å². The summed E-state index contributed by atoms with van der Waals surface area (Å²) in [5.74, 6) is 7.10. The minimum absolute atomic E-state index is 0.204. The second kappa shape index (κ2) is 29.7. The maximum atomic E-state index is 9.56. The van der Waals surface area contributed by atoms with Gasteiger partial charge in [-0.25, -0.2) is 29.9 Å². The molecule has 4 aromatic heterocycles. The second-order valence-corrected chi connectivity index (χ2v) is 38.0. The van der Waals surface area contributed by atoms with Crippen LogP contribution in [0.1, 0.15) is 110 Å². The van der Waals surface area contributed by atoms with Gasteiger partial charge in [0.2, 0.25) is 0 Å². The van der Waals surface area contributed by atoms with Crippen LogP contribution in [0.5, 0.6) is 0 Å². The van der Waals surface area contributed by atoms with Crippen molar-refractivity contribution in [3.05, 3.63) is 373 Å². The number of fused-ring (bicyclic) bond motifs is 6. The van der Waals surface area contributed by atoms with Gasteiger partial charge in [-0.3, -0.25) is 0 Å². The fourth-order valence-electron chi connectivity index (χ4n) is 23.6. The maximum absolute atomic E-state index is 9.56. The summed E-state index contributed by atoms with van der Waals surface area (Å²) in [6, 6.07) is 127. The van der Waals surface area contributed by atoms with Crippen molar-refractivity contribution in [2.24, 2.45) is 23.7 Å². The summed E-state index contributed by atoms with van der Waals surface area (Å²) in [4.78, 5) is 29.8. The van der Waals surface area contributed by atoms with Gasteiger partial charge in [0.15, 0.2) is 34.9 Å². The zero-order valence-corrected chi connectivity index (χ0v) is 69.2. The molecule has 26 rings (SSSR count). The zero-order valence-electron chi connectivity index (χ0n) is 67.5. The lowest BCUT2D eigenvalue weighted by atomic mass is 9.41. The first-order valence-corrected chi connectivity index (χ1v) is 44.7. The molecule has 4 heterocycles. The van der Waals surface area contributed by atoms with Crippen molar-refractivity contribution < 1.29 is 0 Å². The Labute approximate surface area is 718 Å². The molecule has 4 unspecified atom stereocenters. The van der Waals surface area contributed by atoms with Crippen molar-refractivity contribution in [2.45, 2.75) is 98.7 Å². The number of hydrogen-bond acceptors (Lipinski definition) is 10. The van der Waals surface area contributed by atoms with Crippen LogP contribution in [-0.2, 0) is 21.7 Å². The van der Waals surface area contributed by atoms with Crippen LogP contribution in [0.3, 0.4) is 0 Å². The molecule has 0 radical (unpaired) electrons. The van der Waals surface area contributed by atoms with Crippen LogP contribution in [0, 0.1) is 46.3 Å². The average Bonchev–Trinajstić information content (AvgIpc) is 0.884. The highest BCUT2D eigenvalue weighted by molar-refractivity contribution is 7.26. The first-order valence-electron chi connectivity index (χ1n) is 43.1. The average molecular weight is 1610 g/mol. The lowest BCUT2D eigenvalue weighted by Crippen LogP contribution is -2.55. The number of hydrogen-bond donors (Lipinski definition) is 0. The standard InChI is InChI=1S/2C56H42N4S/c57-34-36-9-7-14-42(26-36)43-15-8-16-47(27-43)56-32-37-25-38(33-56)31-55(30-37,35-56)46-21-17-39(18-22-46)44-19-23-48-49-28-45(20-24-50(49)61-51(48)29-44)54-59-52(40-10-3-1-4-11-40)58-53(60-54)41-12-5-2-6-13-41;57-34-36-9-7-14-42(26-36)43-15-8-16-47(27-43)56-32-37-25-38(33-56)31-55(30-37,35-56)46-21-17-39(18-22-46)44-19-23-48-49-24-20-45(29-51(49)61-50(48)28-44)54-59-52(40-10-3-1-4-11-40)58-53(60-54)41-12-5-2-6-13-41/h2*1-24,26-29,37-38H,25,30-33,35H2. The Kier molecular flexibility index (Phi) is 18.0. The summed E-state index contributed by atoms with van der Waals surface area (Å²) in [5, 5.41) is 24.1. The maximum Gasteiger partial charge on any atom is 0.164 e. The molecule has 8 aliphatic rings. The molecule has 18 aromatic rings. The Morgan fingerprint density at radius 3 is 0.877 bits per heavy atom. The Morgan fingerprint density at radius 1 is 0.221 bits per heavy atom. The third-order valence-electron chi connectivity index (χ3n) is 28.2. The van der Waals surface area contributed by atoms with Crippen LogP contribution in [0.2, 0.25) is 0 Å². The monoisotopic (exact) mass is 1600 g/mol. The summed E-state index contributed by atoms with van der Waals surface area (Å²) >= 11 is 3.68. The molecule has 8 aliphatic carbocycles. The van der Waals surface area contributed by atoms with Gasteiger partial charge in [0, 0.05) is 73.7 Å². The zero-order chi connectivity index (χ0) is 81.1. The Balaban J connectivity index is 0.000000142. The molecule has 0 N–H and O–H groups in total. The predicted octanol–water partition coefficient (Wildman–Crippen LogP) is 28.5. The van der Waals surface area contributed by atoms with Crippen molar-refractivity contribution >= 4 is 63.0 Å². The van der Waals surface area contributed by atoms with Gasteiger partial charge in [-0.2, -0.15) is 10.5 Å². The third kappa shape index (κ3) is 13.3. The Bertz CT molecular complexity index is 6880. The van der Waals surface area contributed by atoms with Crippen LogP contribution in [0.25, 0.3) is 153 Å². The number of nitriles is 2. The quantitative estimate of drug-likeness (QED) is 0.105. The van der Waals surface area contributed by atoms with Crippen LogP contribution >= 0.6 is 22.7 Å². The number of thiophene rings is 2. The van der Waals surface area contributed by atoms with Gasteiger partial charge in [0.25, 0.3) is 0 Å². The van der Waals surface area contributed by atoms with E-state index < -0.39 is 0 Å². The first kappa shape index (κ1) is 73.6. The largest absolute Gasteiger partial charge is 0.208 e. The van der Waals surface area contributed by atoms with E-state index in [2.05, 4.69) is 218 Å². The number of nitrogens with zero attached hydrogens (tertiary/aromatic N) is 8. The fraction of sp³-hybridized carbons (Fsp3) is 0.179. The molecule has 10 heteroatoms. The first-order chi connectivity index (χ1) is 60.0. The predicted molar refractivity (Wildman–Crippen MR) is 498 cm³/mol. The van der Waals surface area contributed by atoms with Gasteiger partial charge in [-0.15, -0.1) is 22.7 Å². The van der Waals surface area contributed by atoms with Gasteiger partial charge in [0.05, 0.1) is 23.3 Å².